The summed E-state index contributed by atoms with van der Waals surface area (Å²) in [6.07, 6.45) is 3.14. The Bertz CT molecular complexity index is 358. The van der Waals surface area contributed by atoms with Gasteiger partial charge < -0.3 is 5.11 Å². The maximum atomic E-state index is 10.2. The molecule has 0 saturated heterocycles. The molecule has 0 aromatic heterocycles. The molecule has 0 fully saturated rings. The van der Waals surface area contributed by atoms with E-state index in [9.17, 15) is 5.11 Å². The topological polar surface area (TPSA) is 20.2 Å². The number of aromatic hydroxyl groups is 1. The van der Waals surface area contributed by atoms with E-state index in [0.717, 1.165) is 30.4 Å². The van der Waals surface area contributed by atoms with E-state index in [0.29, 0.717) is 5.75 Å². The third-order valence-corrected chi connectivity index (χ3v) is 2.98. The summed E-state index contributed by atoms with van der Waals surface area (Å²) in [7, 11) is 0. The van der Waals surface area contributed by atoms with Crippen molar-refractivity contribution in [2.24, 2.45) is 0 Å². The van der Waals surface area contributed by atoms with Gasteiger partial charge in [0.2, 0.25) is 0 Å². The molecule has 1 heteroatoms. The van der Waals surface area contributed by atoms with Crippen LogP contribution >= 0.6 is 0 Å². The van der Waals surface area contributed by atoms with Gasteiger partial charge >= 0.3 is 0 Å². The van der Waals surface area contributed by atoms with Crippen LogP contribution < -0.4 is 0 Å². The first kappa shape index (κ1) is 13.1. The largest absolute Gasteiger partial charge is 0.507 e. The van der Waals surface area contributed by atoms with Crippen LogP contribution in [0.25, 0.3) is 0 Å². The maximum Gasteiger partial charge on any atom is 0.122 e. The second kappa shape index (κ2) is 4.90. The van der Waals surface area contributed by atoms with E-state index in [2.05, 4.69) is 46.8 Å². The summed E-state index contributed by atoms with van der Waals surface area (Å²) >= 11 is 0. The van der Waals surface area contributed by atoms with Crippen molar-refractivity contribution in [2.75, 3.05) is 0 Å². The zero-order valence-electron chi connectivity index (χ0n) is 11.2. The van der Waals surface area contributed by atoms with Gasteiger partial charge in [-0.2, -0.15) is 0 Å². The van der Waals surface area contributed by atoms with Crippen LogP contribution in [0.15, 0.2) is 12.1 Å². The SMILES string of the molecule is CCCc1cc(CC)c(O)c(C(C)(C)C)c1. The van der Waals surface area contributed by atoms with E-state index < -0.39 is 0 Å². The monoisotopic (exact) mass is 220 g/mol. The summed E-state index contributed by atoms with van der Waals surface area (Å²) < 4.78 is 0. The predicted octanol–water partition coefficient (Wildman–Crippen LogP) is 4.20. The molecule has 0 spiro atoms. The minimum absolute atomic E-state index is 0.0117. The van der Waals surface area contributed by atoms with Gasteiger partial charge in [0.25, 0.3) is 0 Å². The summed E-state index contributed by atoms with van der Waals surface area (Å²) in [5, 5.41) is 10.2. The normalized spacial score (nSPS) is 11.8. The first-order valence-electron chi connectivity index (χ1n) is 6.25. The first-order valence-corrected chi connectivity index (χ1v) is 6.25. The van der Waals surface area contributed by atoms with Crippen molar-refractivity contribution in [3.8, 4) is 5.75 Å². The zero-order valence-corrected chi connectivity index (χ0v) is 11.2. The van der Waals surface area contributed by atoms with Crippen LogP contribution in [-0.4, -0.2) is 5.11 Å². The lowest BCUT2D eigenvalue weighted by molar-refractivity contribution is 0.440. The molecule has 0 aliphatic rings. The average Bonchev–Trinajstić information content (AvgIpc) is 2.19. The quantitative estimate of drug-likeness (QED) is 0.809. The van der Waals surface area contributed by atoms with Crippen LogP contribution in [0, 0.1) is 0 Å². The van der Waals surface area contributed by atoms with E-state index in [4.69, 9.17) is 0 Å². The third kappa shape index (κ3) is 2.78. The minimum Gasteiger partial charge on any atom is -0.507 e. The predicted molar refractivity (Wildman–Crippen MR) is 70.2 cm³/mol. The second-order valence-electron chi connectivity index (χ2n) is 5.50. The molecule has 1 nitrogen and oxygen atoms in total. The molecule has 1 aromatic carbocycles. The van der Waals surface area contributed by atoms with Gasteiger partial charge in [-0.3, -0.25) is 0 Å². The highest BCUT2D eigenvalue weighted by Crippen LogP contribution is 2.34. The summed E-state index contributed by atoms with van der Waals surface area (Å²) in [6.45, 7) is 10.7. The zero-order chi connectivity index (χ0) is 12.3. The summed E-state index contributed by atoms with van der Waals surface area (Å²) in [5.74, 6) is 0.495. The molecular formula is C15H24O. The third-order valence-electron chi connectivity index (χ3n) is 2.98. The highest BCUT2D eigenvalue weighted by Gasteiger charge is 2.20. The maximum absolute atomic E-state index is 10.2. The molecule has 0 saturated carbocycles. The Morgan fingerprint density at radius 3 is 2.19 bits per heavy atom. The molecule has 0 bridgehead atoms. The summed E-state index contributed by atoms with van der Waals surface area (Å²) in [6, 6.07) is 4.31. The molecule has 0 heterocycles. The van der Waals surface area contributed by atoms with Crippen molar-refractivity contribution in [2.45, 2.75) is 59.3 Å². The fourth-order valence-corrected chi connectivity index (χ4v) is 2.03. The van der Waals surface area contributed by atoms with Crippen LogP contribution in [-0.2, 0) is 18.3 Å². The Balaban J connectivity index is 3.30. The minimum atomic E-state index is 0.0117. The average molecular weight is 220 g/mol. The van der Waals surface area contributed by atoms with E-state index in [1.54, 1.807) is 0 Å². The molecule has 1 aromatic rings. The highest BCUT2D eigenvalue weighted by molar-refractivity contribution is 5.47. The molecule has 0 unspecified atom stereocenters. The smallest absolute Gasteiger partial charge is 0.122 e. The van der Waals surface area contributed by atoms with Crippen molar-refractivity contribution in [3.63, 3.8) is 0 Å². The lowest BCUT2D eigenvalue weighted by Crippen LogP contribution is -2.13. The molecule has 1 N–H and O–H groups in total. The first-order chi connectivity index (χ1) is 7.40. The van der Waals surface area contributed by atoms with Crippen LogP contribution in [0.3, 0.4) is 0 Å². The fraction of sp³-hybridized carbons (Fsp3) is 0.600. The van der Waals surface area contributed by atoms with Gasteiger partial charge in [0.15, 0.2) is 0 Å². The van der Waals surface area contributed by atoms with Gasteiger partial charge in [-0.1, -0.05) is 53.2 Å². The van der Waals surface area contributed by atoms with Crippen molar-refractivity contribution >= 4 is 0 Å². The fourth-order valence-electron chi connectivity index (χ4n) is 2.03. The van der Waals surface area contributed by atoms with E-state index in [1.807, 2.05) is 0 Å². The molecule has 0 aliphatic heterocycles. The van der Waals surface area contributed by atoms with Gasteiger partial charge in [0.1, 0.15) is 5.75 Å². The second-order valence-corrected chi connectivity index (χ2v) is 5.50. The summed E-state index contributed by atoms with van der Waals surface area (Å²) in [4.78, 5) is 0. The standard InChI is InChI=1S/C15H24O/c1-6-8-11-9-12(7-2)14(16)13(10-11)15(3,4)5/h9-10,16H,6-8H2,1-5H3. The number of aryl methyl sites for hydroxylation is 2. The lowest BCUT2D eigenvalue weighted by Gasteiger charge is -2.23. The van der Waals surface area contributed by atoms with E-state index >= 15 is 0 Å². The Morgan fingerprint density at radius 1 is 1.12 bits per heavy atom. The Labute approximate surface area is 99.5 Å². The summed E-state index contributed by atoms with van der Waals surface area (Å²) in [5.41, 5.74) is 3.52. The Morgan fingerprint density at radius 2 is 1.75 bits per heavy atom. The Hall–Kier alpha value is -0.980. The van der Waals surface area contributed by atoms with Crippen molar-refractivity contribution in [1.29, 1.82) is 0 Å². The highest BCUT2D eigenvalue weighted by atomic mass is 16.3. The van der Waals surface area contributed by atoms with E-state index in [-0.39, 0.29) is 5.41 Å². The van der Waals surface area contributed by atoms with Crippen molar-refractivity contribution < 1.29 is 5.11 Å². The number of hydrogen-bond acceptors (Lipinski definition) is 1. The molecule has 0 atom stereocenters. The van der Waals surface area contributed by atoms with Gasteiger partial charge in [-0.05, 0) is 34.9 Å². The van der Waals surface area contributed by atoms with Crippen LogP contribution in [0.5, 0.6) is 5.75 Å². The Kier molecular flexibility index (Phi) is 4.01. The van der Waals surface area contributed by atoms with Gasteiger partial charge in [-0.15, -0.1) is 0 Å². The van der Waals surface area contributed by atoms with Crippen molar-refractivity contribution in [1.82, 2.24) is 0 Å². The molecular weight excluding hydrogens is 196 g/mol. The molecule has 1 rings (SSSR count). The van der Waals surface area contributed by atoms with Crippen LogP contribution in [0.1, 0.15) is 57.7 Å². The van der Waals surface area contributed by atoms with Crippen molar-refractivity contribution in [3.05, 3.63) is 28.8 Å². The number of rotatable bonds is 3. The number of phenols is 1. The number of phenolic OH excluding ortho intramolecular Hbond substituents is 1. The molecule has 0 aliphatic carbocycles. The van der Waals surface area contributed by atoms with Gasteiger partial charge in [0, 0.05) is 0 Å². The molecule has 0 radical (unpaired) electrons. The number of hydrogen-bond donors (Lipinski definition) is 1. The molecule has 16 heavy (non-hydrogen) atoms. The molecule has 90 valence electrons. The van der Waals surface area contributed by atoms with E-state index in [1.165, 1.54) is 5.56 Å². The van der Waals surface area contributed by atoms with Gasteiger partial charge in [0.05, 0.1) is 0 Å². The van der Waals surface area contributed by atoms with Crippen LogP contribution in [0.2, 0.25) is 0 Å². The van der Waals surface area contributed by atoms with Crippen LogP contribution in [0.4, 0.5) is 0 Å². The molecule has 0 amide bonds. The van der Waals surface area contributed by atoms with Gasteiger partial charge in [-0.25, -0.2) is 0 Å². The number of benzene rings is 1. The lowest BCUT2D eigenvalue weighted by atomic mass is 9.83.